The standard InChI is InChI=1S/C6H7ClN2S2/c1-4(7)3-10-5-2-9-6(8)11-5/h2H,1,3H2,(H2,8,9). The minimum Gasteiger partial charge on any atom is -0.375 e. The molecule has 60 valence electrons. The highest BCUT2D eigenvalue weighted by Crippen LogP contribution is 2.27. The second kappa shape index (κ2) is 3.99. The molecule has 0 aromatic carbocycles. The summed E-state index contributed by atoms with van der Waals surface area (Å²) in [7, 11) is 0. The fourth-order valence-electron chi connectivity index (χ4n) is 0.488. The molecule has 0 radical (unpaired) electrons. The largest absolute Gasteiger partial charge is 0.375 e. The molecule has 0 saturated heterocycles. The van der Waals surface area contributed by atoms with Crippen LogP contribution in [0.5, 0.6) is 0 Å². The summed E-state index contributed by atoms with van der Waals surface area (Å²) in [5, 5.41) is 1.23. The predicted molar refractivity (Wildman–Crippen MR) is 52.2 cm³/mol. The van der Waals surface area contributed by atoms with E-state index in [9.17, 15) is 0 Å². The lowest BCUT2D eigenvalue weighted by atomic mass is 10.7. The van der Waals surface area contributed by atoms with Crippen molar-refractivity contribution >= 4 is 39.8 Å². The molecule has 11 heavy (non-hydrogen) atoms. The lowest BCUT2D eigenvalue weighted by Crippen LogP contribution is -1.77. The summed E-state index contributed by atoms with van der Waals surface area (Å²) in [6, 6.07) is 0. The molecule has 1 aromatic rings. The Morgan fingerprint density at radius 2 is 2.64 bits per heavy atom. The molecule has 2 nitrogen and oxygen atoms in total. The van der Waals surface area contributed by atoms with Crippen molar-refractivity contribution in [2.45, 2.75) is 4.21 Å². The van der Waals surface area contributed by atoms with Gasteiger partial charge in [0.15, 0.2) is 5.13 Å². The third-order valence-corrected chi connectivity index (χ3v) is 3.27. The molecule has 0 aliphatic carbocycles. The van der Waals surface area contributed by atoms with E-state index in [1.807, 2.05) is 0 Å². The molecule has 0 amide bonds. The molecule has 0 atom stereocenters. The molecule has 0 bridgehead atoms. The van der Waals surface area contributed by atoms with E-state index in [0.29, 0.717) is 15.9 Å². The second-order valence-corrected chi connectivity index (χ2v) is 4.70. The summed E-state index contributed by atoms with van der Waals surface area (Å²) in [6.45, 7) is 3.57. The summed E-state index contributed by atoms with van der Waals surface area (Å²) < 4.78 is 1.07. The lowest BCUT2D eigenvalue weighted by molar-refractivity contribution is 1.38. The molecule has 0 fully saturated rings. The SMILES string of the molecule is C=C(Cl)CSc1cnc(N)s1. The average Bonchev–Trinajstić information content (AvgIpc) is 2.31. The van der Waals surface area contributed by atoms with Crippen molar-refractivity contribution in [1.82, 2.24) is 4.98 Å². The van der Waals surface area contributed by atoms with E-state index in [-0.39, 0.29) is 0 Å². The Hall–Kier alpha value is -0.190. The Morgan fingerprint density at radius 3 is 3.09 bits per heavy atom. The van der Waals surface area contributed by atoms with Gasteiger partial charge in [0.2, 0.25) is 0 Å². The van der Waals surface area contributed by atoms with Gasteiger partial charge in [0.25, 0.3) is 0 Å². The van der Waals surface area contributed by atoms with Crippen LogP contribution in [0, 0.1) is 0 Å². The Labute approximate surface area is 78.5 Å². The van der Waals surface area contributed by atoms with Gasteiger partial charge in [0.05, 0.1) is 10.4 Å². The fraction of sp³-hybridized carbons (Fsp3) is 0.167. The van der Waals surface area contributed by atoms with Gasteiger partial charge in [0, 0.05) is 10.8 Å². The molecular formula is C6H7ClN2S2. The van der Waals surface area contributed by atoms with Gasteiger partial charge < -0.3 is 5.73 Å². The van der Waals surface area contributed by atoms with E-state index in [4.69, 9.17) is 17.3 Å². The third kappa shape index (κ3) is 3.14. The zero-order chi connectivity index (χ0) is 8.27. The first-order valence-corrected chi connectivity index (χ1v) is 5.04. The molecule has 5 heteroatoms. The first kappa shape index (κ1) is 8.90. The van der Waals surface area contributed by atoms with Crippen LogP contribution in [0.15, 0.2) is 22.0 Å². The number of thioether (sulfide) groups is 1. The molecular weight excluding hydrogens is 200 g/mol. The second-order valence-electron chi connectivity index (χ2n) is 1.82. The van der Waals surface area contributed by atoms with Crippen LogP contribution in [0.25, 0.3) is 0 Å². The Kier molecular flexibility index (Phi) is 3.23. The maximum absolute atomic E-state index is 5.57. The quantitative estimate of drug-likeness (QED) is 0.773. The highest BCUT2D eigenvalue weighted by Gasteiger charge is 1.98. The van der Waals surface area contributed by atoms with Crippen molar-refractivity contribution in [3.8, 4) is 0 Å². The number of nitrogens with two attached hydrogens (primary N) is 1. The van der Waals surface area contributed by atoms with E-state index in [1.165, 1.54) is 11.3 Å². The van der Waals surface area contributed by atoms with Crippen molar-refractivity contribution in [2.75, 3.05) is 11.5 Å². The number of rotatable bonds is 3. The van der Waals surface area contributed by atoms with Gasteiger partial charge in [-0.3, -0.25) is 0 Å². The first-order chi connectivity index (χ1) is 5.18. The van der Waals surface area contributed by atoms with Crippen molar-refractivity contribution in [3.05, 3.63) is 17.8 Å². The maximum atomic E-state index is 5.57. The molecule has 1 aromatic heterocycles. The summed E-state index contributed by atoms with van der Waals surface area (Å²) in [6.07, 6.45) is 1.74. The van der Waals surface area contributed by atoms with Crippen molar-refractivity contribution in [2.24, 2.45) is 0 Å². The smallest absolute Gasteiger partial charge is 0.181 e. The van der Waals surface area contributed by atoms with Crippen LogP contribution in [0.1, 0.15) is 0 Å². The lowest BCUT2D eigenvalue weighted by Gasteiger charge is -1.91. The van der Waals surface area contributed by atoms with Crippen LogP contribution in [-0.4, -0.2) is 10.7 Å². The third-order valence-electron chi connectivity index (χ3n) is 0.873. The number of hydrogen-bond donors (Lipinski definition) is 1. The topological polar surface area (TPSA) is 38.9 Å². The number of halogens is 1. The monoisotopic (exact) mass is 206 g/mol. The number of anilines is 1. The van der Waals surface area contributed by atoms with Crippen molar-refractivity contribution in [3.63, 3.8) is 0 Å². The van der Waals surface area contributed by atoms with Gasteiger partial charge in [0.1, 0.15) is 0 Å². The Bertz CT molecular complexity index is 259. The van der Waals surface area contributed by atoms with Gasteiger partial charge in [-0.2, -0.15) is 0 Å². The van der Waals surface area contributed by atoms with Gasteiger partial charge in [-0.25, -0.2) is 4.98 Å². The minimum atomic E-state index is 0.590. The Morgan fingerprint density at radius 1 is 1.91 bits per heavy atom. The van der Waals surface area contributed by atoms with Crippen LogP contribution in [0.3, 0.4) is 0 Å². The molecule has 0 spiro atoms. The molecule has 1 heterocycles. The zero-order valence-corrected chi connectivity index (χ0v) is 8.10. The predicted octanol–water partition coefficient (Wildman–Crippen LogP) is 2.57. The highest BCUT2D eigenvalue weighted by atomic mass is 35.5. The molecule has 1 rings (SSSR count). The van der Waals surface area contributed by atoms with Gasteiger partial charge in [-0.1, -0.05) is 29.5 Å². The minimum absolute atomic E-state index is 0.590. The summed E-state index contributed by atoms with van der Waals surface area (Å²) in [4.78, 5) is 3.90. The molecule has 0 aliphatic rings. The van der Waals surface area contributed by atoms with E-state index in [2.05, 4.69) is 11.6 Å². The van der Waals surface area contributed by atoms with Crippen molar-refractivity contribution < 1.29 is 0 Å². The summed E-state index contributed by atoms with van der Waals surface area (Å²) >= 11 is 8.63. The average molecular weight is 207 g/mol. The highest BCUT2D eigenvalue weighted by molar-refractivity contribution is 8.01. The summed E-state index contributed by atoms with van der Waals surface area (Å²) in [5.41, 5.74) is 5.42. The molecule has 0 saturated carbocycles. The van der Waals surface area contributed by atoms with Gasteiger partial charge in [-0.05, 0) is 0 Å². The van der Waals surface area contributed by atoms with E-state index in [1.54, 1.807) is 18.0 Å². The van der Waals surface area contributed by atoms with Gasteiger partial charge >= 0.3 is 0 Å². The van der Waals surface area contributed by atoms with Gasteiger partial charge in [-0.15, -0.1) is 11.8 Å². The Balaban J connectivity index is 2.45. The van der Waals surface area contributed by atoms with Crippen LogP contribution in [0.4, 0.5) is 5.13 Å². The van der Waals surface area contributed by atoms with Crippen LogP contribution in [0.2, 0.25) is 0 Å². The van der Waals surface area contributed by atoms with Crippen LogP contribution < -0.4 is 5.73 Å². The maximum Gasteiger partial charge on any atom is 0.181 e. The van der Waals surface area contributed by atoms with Crippen LogP contribution in [-0.2, 0) is 0 Å². The first-order valence-electron chi connectivity index (χ1n) is 2.86. The van der Waals surface area contributed by atoms with Crippen molar-refractivity contribution in [1.29, 1.82) is 0 Å². The molecule has 0 unspecified atom stereocenters. The summed E-state index contributed by atoms with van der Waals surface area (Å²) in [5.74, 6) is 0.711. The van der Waals surface area contributed by atoms with Crippen LogP contribution >= 0.6 is 34.7 Å². The normalized spacial score (nSPS) is 9.91. The molecule has 2 N–H and O–H groups in total. The van der Waals surface area contributed by atoms with E-state index < -0.39 is 0 Å². The molecule has 0 aliphatic heterocycles. The van der Waals surface area contributed by atoms with E-state index >= 15 is 0 Å². The fourth-order valence-corrected chi connectivity index (χ4v) is 2.16. The zero-order valence-electron chi connectivity index (χ0n) is 5.71. The number of thiazole rings is 1. The number of hydrogen-bond acceptors (Lipinski definition) is 4. The number of aromatic nitrogens is 1. The number of nitrogen functional groups attached to an aromatic ring is 1. The number of nitrogens with zero attached hydrogens (tertiary/aromatic N) is 1. The van der Waals surface area contributed by atoms with E-state index in [0.717, 1.165) is 4.21 Å².